The van der Waals surface area contributed by atoms with Gasteiger partial charge in [0.25, 0.3) is 5.56 Å². The van der Waals surface area contributed by atoms with Crippen molar-refractivity contribution in [3.05, 3.63) is 83.3 Å². The molecule has 0 saturated heterocycles. The quantitative estimate of drug-likeness (QED) is 0.404. The first-order valence-corrected chi connectivity index (χ1v) is 10.2. The van der Waals surface area contributed by atoms with E-state index in [1.54, 1.807) is 54.3 Å². The first-order chi connectivity index (χ1) is 16.0. The number of carbonyl (C=O) groups is 1. The van der Waals surface area contributed by atoms with Gasteiger partial charge in [0.05, 0.1) is 7.11 Å². The number of carboxylic acid groups (broad SMARTS) is 1. The number of aromatic nitrogens is 2. The molecular formula is C25H19N3O5. The Morgan fingerprint density at radius 1 is 1.03 bits per heavy atom. The van der Waals surface area contributed by atoms with Gasteiger partial charge in [0.15, 0.2) is 5.58 Å². The number of nitrogens with zero attached hydrogens (tertiary/aromatic N) is 2. The summed E-state index contributed by atoms with van der Waals surface area (Å²) in [6.45, 7) is -0.190. The zero-order chi connectivity index (χ0) is 22.9. The van der Waals surface area contributed by atoms with Crippen LogP contribution >= 0.6 is 0 Å². The number of rotatable bonds is 6. The van der Waals surface area contributed by atoms with E-state index in [0.717, 1.165) is 16.5 Å². The first kappa shape index (κ1) is 20.3. The third-order valence-corrected chi connectivity index (χ3v) is 5.36. The molecular weight excluding hydrogens is 422 g/mol. The van der Waals surface area contributed by atoms with Crippen molar-refractivity contribution in [1.82, 2.24) is 9.55 Å². The molecule has 2 aromatic carbocycles. The molecule has 3 aromatic heterocycles. The molecule has 3 heterocycles. The summed E-state index contributed by atoms with van der Waals surface area (Å²) in [6, 6.07) is 19.7. The number of nitrogens with one attached hydrogen (secondary N) is 1. The zero-order valence-corrected chi connectivity index (χ0v) is 17.6. The molecule has 0 unspecified atom stereocenters. The van der Waals surface area contributed by atoms with Gasteiger partial charge < -0.3 is 19.6 Å². The summed E-state index contributed by atoms with van der Waals surface area (Å²) in [5, 5.41) is 12.4. The number of aliphatic carboxylic acids is 1. The fourth-order valence-electron chi connectivity index (χ4n) is 3.79. The van der Waals surface area contributed by atoms with Crippen molar-refractivity contribution >= 4 is 33.7 Å². The van der Waals surface area contributed by atoms with Gasteiger partial charge in [-0.15, -0.1) is 0 Å². The number of hydrogen-bond donors (Lipinski definition) is 2. The molecule has 5 rings (SSSR count). The van der Waals surface area contributed by atoms with Crippen molar-refractivity contribution in [3.63, 3.8) is 0 Å². The molecule has 8 nitrogen and oxygen atoms in total. The predicted molar refractivity (Wildman–Crippen MR) is 125 cm³/mol. The second-order valence-electron chi connectivity index (χ2n) is 7.42. The molecule has 0 saturated carbocycles. The van der Waals surface area contributed by atoms with Gasteiger partial charge in [-0.3, -0.25) is 14.2 Å². The highest BCUT2D eigenvalue weighted by Gasteiger charge is 2.15. The lowest BCUT2D eigenvalue weighted by molar-refractivity contribution is -0.134. The Bertz CT molecular complexity index is 1530. The average Bonchev–Trinajstić information content (AvgIpc) is 3.21. The lowest BCUT2D eigenvalue weighted by Crippen LogP contribution is -2.17. The second-order valence-corrected chi connectivity index (χ2v) is 7.42. The predicted octanol–water partition coefficient (Wildman–Crippen LogP) is 4.30. The lowest BCUT2D eigenvalue weighted by Gasteiger charge is -2.10. The SMILES string of the molecule is COc1ccc(-c2ccc3oc4ccc(=O)n(-c5ccc(NCC(=O)O)cc5)c4c3c2)cn1. The standard InChI is InChI=1S/C25H19N3O5/c1-32-22-10-3-16(13-27-22)15-2-8-20-19(12-15)25-21(33-20)9-11-23(29)28(25)18-6-4-17(5-7-18)26-14-24(30)31/h2-13,26H,14H2,1H3,(H,30,31). The third-order valence-electron chi connectivity index (χ3n) is 5.36. The highest BCUT2D eigenvalue weighted by molar-refractivity contribution is 6.05. The Hall–Kier alpha value is -4.59. The van der Waals surface area contributed by atoms with Crippen LogP contribution in [-0.2, 0) is 4.79 Å². The molecule has 0 spiro atoms. The maximum absolute atomic E-state index is 12.9. The summed E-state index contributed by atoms with van der Waals surface area (Å²) >= 11 is 0. The summed E-state index contributed by atoms with van der Waals surface area (Å²) in [5.74, 6) is -0.420. The molecule has 8 heteroatoms. The average molecular weight is 441 g/mol. The largest absolute Gasteiger partial charge is 0.481 e. The summed E-state index contributed by atoms with van der Waals surface area (Å²) < 4.78 is 12.7. The Kier molecular flexibility index (Phi) is 5.02. The van der Waals surface area contributed by atoms with E-state index in [4.69, 9.17) is 14.3 Å². The number of anilines is 1. The van der Waals surface area contributed by atoms with Crippen LogP contribution in [-0.4, -0.2) is 34.3 Å². The third kappa shape index (κ3) is 3.78. The molecule has 0 amide bonds. The smallest absolute Gasteiger partial charge is 0.322 e. The second kappa shape index (κ2) is 8.16. The van der Waals surface area contributed by atoms with Crippen LogP contribution in [0.3, 0.4) is 0 Å². The topological polar surface area (TPSA) is 107 Å². The normalized spacial score (nSPS) is 11.1. The van der Waals surface area contributed by atoms with E-state index in [-0.39, 0.29) is 12.1 Å². The van der Waals surface area contributed by atoms with E-state index in [2.05, 4.69) is 10.3 Å². The van der Waals surface area contributed by atoms with Crippen LogP contribution in [0.5, 0.6) is 5.88 Å². The van der Waals surface area contributed by atoms with Crippen LogP contribution in [0.1, 0.15) is 0 Å². The van der Waals surface area contributed by atoms with Gasteiger partial charge in [-0.25, -0.2) is 4.98 Å². The van der Waals surface area contributed by atoms with Gasteiger partial charge in [0.2, 0.25) is 5.88 Å². The van der Waals surface area contributed by atoms with Gasteiger partial charge in [0.1, 0.15) is 17.6 Å². The number of hydrogen-bond acceptors (Lipinski definition) is 6. The molecule has 0 aliphatic rings. The van der Waals surface area contributed by atoms with Crippen molar-refractivity contribution in [1.29, 1.82) is 0 Å². The molecule has 0 fully saturated rings. The van der Waals surface area contributed by atoms with E-state index in [1.807, 2.05) is 24.3 Å². The Labute approximate surface area is 187 Å². The number of benzene rings is 2. The molecule has 0 aliphatic heterocycles. The summed E-state index contributed by atoms with van der Waals surface area (Å²) in [5.41, 5.74) is 4.83. The highest BCUT2D eigenvalue weighted by Crippen LogP contribution is 2.33. The van der Waals surface area contributed by atoms with Crippen molar-refractivity contribution in [2.75, 3.05) is 19.0 Å². The Morgan fingerprint density at radius 3 is 2.48 bits per heavy atom. The number of ether oxygens (including phenoxy) is 1. The van der Waals surface area contributed by atoms with Gasteiger partial charge in [-0.05, 0) is 54.1 Å². The van der Waals surface area contributed by atoms with E-state index in [0.29, 0.717) is 33.9 Å². The van der Waals surface area contributed by atoms with Gasteiger partial charge in [-0.1, -0.05) is 6.07 Å². The molecule has 33 heavy (non-hydrogen) atoms. The minimum absolute atomic E-state index is 0.190. The van der Waals surface area contributed by atoms with Crippen LogP contribution in [0.25, 0.3) is 38.9 Å². The van der Waals surface area contributed by atoms with E-state index in [9.17, 15) is 9.59 Å². The number of pyridine rings is 2. The van der Waals surface area contributed by atoms with Crippen LogP contribution < -0.4 is 15.6 Å². The van der Waals surface area contributed by atoms with Crippen LogP contribution in [0.15, 0.2) is 82.1 Å². The summed E-state index contributed by atoms with van der Waals surface area (Å²) in [4.78, 5) is 28.0. The molecule has 0 atom stereocenters. The van der Waals surface area contributed by atoms with Crippen molar-refractivity contribution < 1.29 is 19.1 Å². The van der Waals surface area contributed by atoms with Crippen LogP contribution in [0.4, 0.5) is 5.69 Å². The maximum Gasteiger partial charge on any atom is 0.322 e. The fourth-order valence-corrected chi connectivity index (χ4v) is 3.79. The zero-order valence-electron chi connectivity index (χ0n) is 17.6. The molecule has 2 N–H and O–H groups in total. The summed E-state index contributed by atoms with van der Waals surface area (Å²) in [6.07, 6.45) is 1.73. The van der Waals surface area contributed by atoms with E-state index in [1.165, 1.54) is 6.07 Å². The van der Waals surface area contributed by atoms with E-state index < -0.39 is 5.97 Å². The Morgan fingerprint density at radius 2 is 1.79 bits per heavy atom. The van der Waals surface area contributed by atoms with Gasteiger partial charge >= 0.3 is 5.97 Å². The fraction of sp³-hybridized carbons (Fsp3) is 0.0800. The van der Waals surface area contributed by atoms with E-state index >= 15 is 0 Å². The molecule has 164 valence electrons. The Balaban J connectivity index is 1.64. The monoisotopic (exact) mass is 441 g/mol. The minimum atomic E-state index is -0.951. The first-order valence-electron chi connectivity index (χ1n) is 10.2. The number of fused-ring (bicyclic) bond motifs is 3. The number of methoxy groups -OCH3 is 1. The molecule has 0 aliphatic carbocycles. The van der Waals surface area contributed by atoms with Crippen LogP contribution in [0, 0.1) is 0 Å². The van der Waals surface area contributed by atoms with Gasteiger partial charge in [-0.2, -0.15) is 0 Å². The maximum atomic E-state index is 12.9. The minimum Gasteiger partial charge on any atom is -0.481 e. The lowest BCUT2D eigenvalue weighted by atomic mass is 10.1. The number of carboxylic acids is 1. The summed E-state index contributed by atoms with van der Waals surface area (Å²) in [7, 11) is 1.57. The van der Waals surface area contributed by atoms with Crippen molar-refractivity contribution in [2.45, 2.75) is 0 Å². The van der Waals surface area contributed by atoms with Crippen molar-refractivity contribution in [3.8, 4) is 22.7 Å². The molecule has 0 radical (unpaired) electrons. The number of furan rings is 1. The van der Waals surface area contributed by atoms with Crippen LogP contribution in [0.2, 0.25) is 0 Å². The highest BCUT2D eigenvalue weighted by atomic mass is 16.5. The molecule has 0 bridgehead atoms. The molecule has 5 aromatic rings. The van der Waals surface area contributed by atoms with Crippen molar-refractivity contribution in [2.24, 2.45) is 0 Å². The van der Waals surface area contributed by atoms with Gasteiger partial charge in [0, 0.05) is 40.7 Å².